The van der Waals surface area contributed by atoms with Gasteiger partial charge in [0.15, 0.2) is 0 Å². The fraction of sp³-hybridized carbons (Fsp3) is 0.111. The Morgan fingerprint density at radius 2 is 2.07 bits per heavy atom. The number of aromatic nitrogens is 4. The maximum Gasteiger partial charge on any atom is 0.222 e. The lowest BCUT2D eigenvalue weighted by Crippen LogP contribution is -2.05. The Hall–Kier alpha value is -1.31. The van der Waals surface area contributed by atoms with Crippen molar-refractivity contribution >= 4 is 28.5 Å². The number of halogens is 1. The van der Waals surface area contributed by atoms with Gasteiger partial charge < -0.3 is 5.32 Å². The molecule has 0 aliphatic carbocycles. The molecule has 0 unspecified atom stereocenters. The van der Waals surface area contributed by atoms with Crippen molar-refractivity contribution in [2.75, 3.05) is 5.32 Å². The zero-order valence-corrected chi connectivity index (χ0v) is 9.92. The van der Waals surface area contributed by atoms with Crippen molar-refractivity contribution in [2.45, 2.75) is 6.54 Å². The highest BCUT2D eigenvalue weighted by Gasteiger charge is 1.96. The van der Waals surface area contributed by atoms with E-state index in [1.807, 2.05) is 12.1 Å². The lowest BCUT2D eigenvalue weighted by molar-refractivity contribution is 0.912. The summed E-state index contributed by atoms with van der Waals surface area (Å²) in [6.07, 6.45) is 5.16. The molecule has 6 heteroatoms. The third-order valence-corrected chi connectivity index (χ3v) is 2.23. The van der Waals surface area contributed by atoms with Gasteiger partial charge in [0, 0.05) is 22.2 Å². The largest absolute Gasteiger partial charge is 0.348 e. The van der Waals surface area contributed by atoms with Crippen LogP contribution in [0.2, 0.25) is 0 Å². The molecule has 0 aromatic carbocycles. The van der Waals surface area contributed by atoms with Crippen LogP contribution in [0, 0.1) is 3.57 Å². The Kier molecular flexibility index (Phi) is 3.38. The maximum absolute atomic E-state index is 4.12. The molecule has 0 radical (unpaired) electrons. The lowest BCUT2D eigenvalue weighted by Gasteiger charge is -2.02. The van der Waals surface area contributed by atoms with Crippen molar-refractivity contribution in [3.05, 3.63) is 40.0 Å². The van der Waals surface area contributed by atoms with E-state index in [0.717, 1.165) is 9.26 Å². The smallest absolute Gasteiger partial charge is 0.222 e. The molecule has 2 aromatic heterocycles. The van der Waals surface area contributed by atoms with Crippen LogP contribution in [0.1, 0.15) is 5.69 Å². The predicted molar refractivity (Wildman–Crippen MR) is 64.1 cm³/mol. The van der Waals surface area contributed by atoms with E-state index in [-0.39, 0.29) is 0 Å². The molecule has 0 amide bonds. The Morgan fingerprint density at radius 1 is 1.27 bits per heavy atom. The topological polar surface area (TPSA) is 63.6 Å². The summed E-state index contributed by atoms with van der Waals surface area (Å²) in [5, 5.41) is 10.8. The van der Waals surface area contributed by atoms with Gasteiger partial charge in [-0.05, 0) is 34.7 Å². The third kappa shape index (κ3) is 3.08. The number of hydrogen-bond donors (Lipinski definition) is 1. The third-order valence-electron chi connectivity index (χ3n) is 1.68. The van der Waals surface area contributed by atoms with Crippen LogP contribution in [0.15, 0.2) is 30.7 Å². The van der Waals surface area contributed by atoms with Crippen molar-refractivity contribution in [1.82, 2.24) is 20.2 Å². The summed E-state index contributed by atoms with van der Waals surface area (Å²) in [7, 11) is 0. The fourth-order valence-corrected chi connectivity index (χ4v) is 1.28. The number of hydrogen-bond acceptors (Lipinski definition) is 5. The van der Waals surface area contributed by atoms with Gasteiger partial charge in [-0.2, -0.15) is 10.2 Å². The summed E-state index contributed by atoms with van der Waals surface area (Å²) in [6.45, 7) is 0.578. The molecule has 0 aliphatic rings. The molecular formula is C9H8IN5. The van der Waals surface area contributed by atoms with Crippen molar-refractivity contribution < 1.29 is 0 Å². The molecular weight excluding hydrogens is 305 g/mol. The first-order chi connectivity index (χ1) is 7.34. The SMILES string of the molecule is Ic1cnc(NCc2cccnn2)nc1. The van der Waals surface area contributed by atoms with Crippen LogP contribution in [0.25, 0.3) is 0 Å². The second-order valence-corrected chi connectivity index (χ2v) is 4.04. The average molecular weight is 313 g/mol. The lowest BCUT2D eigenvalue weighted by atomic mass is 10.4. The number of nitrogens with zero attached hydrogens (tertiary/aromatic N) is 4. The standard InChI is InChI=1S/C9H8IN5/c10-7-4-11-9(12-5-7)13-6-8-2-1-3-14-15-8/h1-5H,6H2,(H,11,12,13). The monoisotopic (exact) mass is 313 g/mol. The van der Waals surface area contributed by atoms with Crippen LogP contribution in [0.3, 0.4) is 0 Å². The van der Waals surface area contributed by atoms with E-state index in [1.54, 1.807) is 18.6 Å². The highest BCUT2D eigenvalue weighted by atomic mass is 127. The minimum absolute atomic E-state index is 0.578. The second-order valence-electron chi connectivity index (χ2n) is 2.79. The molecule has 0 aliphatic heterocycles. The van der Waals surface area contributed by atoms with Gasteiger partial charge in [-0.3, -0.25) is 0 Å². The fourth-order valence-electron chi connectivity index (χ4n) is 1.00. The molecule has 76 valence electrons. The highest BCUT2D eigenvalue weighted by molar-refractivity contribution is 14.1. The van der Waals surface area contributed by atoms with Crippen molar-refractivity contribution in [3.8, 4) is 0 Å². The zero-order valence-electron chi connectivity index (χ0n) is 7.76. The molecule has 1 N–H and O–H groups in total. The molecule has 0 bridgehead atoms. The Labute approximate surface area is 101 Å². The normalized spacial score (nSPS) is 9.93. The van der Waals surface area contributed by atoms with Crippen LogP contribution < -0.4 is 5.32 Å². The van der Waals surface area contributed by atoms with E-state index in [0.29, 0.717) is 12.5 Å². The van der Waals surface area contributed by atoms with Crippen LogP contribution in [-0.4, -0.2) is 20.2 Å². The summed E-state index contributed by atoms with van der Waals surface area (Å²) in [5.74, 6) is 0.598. The molecule has 0 saturated carbocycles. The van der Waals surface area contributed by atoms with Crippen LogP contribution >= 0.6 is 22.6 Å². The van der Waals surface area contributed by atoms with Gasteiger partial charge in [0.25, 0.3) is 0 Å². The molecule has 15 heavy (non-hydrogen) atoms. The Balaban J connectivity index is 1.96. The molecule has 0 atom stereocenters. The molecule has 5 nitrogen and oxygen atoms in total. The van der Waals surface area contributed by atoms with Crippen LogP contribution in [0.5, 0.6) is 0 Å². The van der Waals surface area contributed by atoms with E-state index in [9.17, 15) is 0 Å². The second kappa shape index (κ2) is 4.96. The van der Waals surface area contributed by atoms with Gasteiger partial charge in [0.2, 0.25) is 5.95 Å². The van der Waals surface area contributed by atoms with Crippen molar-refractivity contribution in [3.63, 3.8) is 0 Å². The molecule has 2 aromatic rings. The number of anilines is 1. The van der Waals surface area contributed by atoms with Gasteiger partial charge in [-0.15, -0.1) is 0 Å². The summed E-state index contributed by atoms with van der Waals surface area (Å²) < 4.78 is 1.01. The summed E-state index contributed by atoms with van der Waals surface area (Å²) >= 11 is 2.16. The molecule has 2 heterocycles. The molecule has 0 saturated heterocycles. The van der Waals surface area contributed by atoms with Gasteiger partial charge in [0.05, 0.1) is 12.2 Å². The quantitative estimate of drug-likeness (QED) is 0.870. The Morgan fingerprint density at radius 3 is 2.73 bits per heavy atom. The summed E-state index contributed by atoms with van der Waals surface area (Å²) in [5.41, 5.74) is 0.861. The van der Waals surface area contributed by atoms with Crippen molar-refractivity contribution in [1.29, 1.82) is 0 Å². The van der Waals surface area contributed by atoms with Crippen LogP contribution in [0.4, 0.5) is 5.95 Å². The van der Waals surface area contributed by atoms with E-state index in [1.165, 1.54) is 0 Å². The number of rotatable bonds is 3. The van der Waals surface area contributed by atoms with Crippen molar-refractivity contribution in [2.24, 2.45) is 0 Å². The van der Waals surface area contributed by atoms with E-state index in [4.69, 9.17) is 0 Å². The predicted octanol–water partition coefficient (Wildman–Crippen LogP) is 1.48. The first-order valence-corrected chi connectivity index (χ1v) is 5.40. The van der Waals surface area contributed by atoms with Gasteiger partial charge >= 0.3 is 0 Å². The van der Waals surface area contributed by atoms with E-state index >= 15 is 0 Å². The van der Waals surface area contributed by atoms with Gasteiger partial charge in [-0.1, -0.05) is 0 Å². The summed E-state index contributed by atoms with van der Waals surface area (Å²) in [6, 6.07) is 3.74. The molecule has 0 spiro atoms. The van der Waals surface area contributed by atoms with Gasteiger partial charge in [0.1, 0.15) is 0 Å². The van der Waals surface area contributed by atoms with Gasteiger partial charge in [-0.25, -0.2) is 9.97 Å². The summed E-state index contributed by atoms with van der Waals surface area (Å²) in [4.78, 5) is 8.23. The average Bonchev–Trinajstić information content (AvgIpc) is 2.30. The minimum Gasteiger partial charge on any atom is -0.348 e. The molecule has 0 fully saturated rings. The molecule has 2 rings (SSSR count). The minimum atomic E-state index is 0.578. The highest BCUT2D eigenvalue weighted by Crippen LogP contribution is 2.03. The van der Waals surface area contributed by atoms with Crippen LogP contribution in [-0.2, 0) is 6.54 Å². The first-order valence-electron chi connectivity index (χ1n) is 4.32. The zero-order chi connectivity index (χ0) is 10.5. The number of nitrogens with one attached hydrogen (secondary N) is 1. The maximum atomic E-state index is 4.12. The van der Waals surface area contributed by atoms with E-state index in [2.05, 4.69) is 48.1 Å². The Bertz CT molecular complexity index is 416. The van der Waals surface area contributed by atoms with E-state index < -0.39 is 0 Å². The first kappa shape index (κ1) is 10.2.